The van der Waals surface area contributed by atoms with Crippen LogP contribution < -0.4 is 5.32 Å². The van der Waals surface area contributed by atoms with Gasteiger partial charge in [-0.3, -0.25) is 5.32 Å². The van der Waals surface area contributed by atoms with Gasteiger partial charge in [0.05, 0.1) is 17.9 Å². The molecule has 3 aromatic heterocycles. The number of aryl methyl sites for hydroxylation is 1. The Balaban J connectivity index is 1.51. The second-order valence-electron chi connectivity index (χ2n) is 6.06. The van der Waals surface area contributed by atoms with Crippen LogP contribution in [0.5, 0.6) is 0 Å². The van der Waals surface area contributed by atoms with Gasteiger partial charge < -0.3 is 13.8 Å². The summed E-state index contributed by atoms with van der Waals surface area (Å²) >= 11 is 1.77. The lowest BCUT2D eigenvalue weighted by Gasteiger charge is -2.35. The van der Waals surface area contributed by atoms with Crippen molar-refractivity contribution in [2.45, 2.75) is 32.7 Å². The van der Waals surface area contributed by atoms with Gasteiger partial charge in [-0.15, -0.1) is 11.3 Å². The molecule has 1 aliphatic rings. The average molecular weight is 357 g/mol. The van der Waals surface area contributed by atoms with E-state index in [1.165, 1.54) is 10.4 Å². The summed E-state index contributed by atoms with van der Waals surface area (Å²) in [6.07, 6.45) is 3.38. The third-order valence-electron chi connectivity index (χ3n) is 4.61. The lowest BCUT2D eigenvalue weighted by molar-refractivity contribution is 0.181. The van der Waals surface area contributed by atoms with Crippen molar-refractivity contribution < 1.29 is 13.7 Å². The zero-order valence-corrected chi connectivity index (χ0v) is 14.9. The number of amides is 2. The predicted molar refractivity (Wildman–Crippen MR) is 95.7 cm³/mol. The topological polar surface area (TPSA) is 71.5 Å². The third-order valence-corrected chi connectivity index (χ3v) is 5.61. The van der Waals surface area contributed by atoms with Crippen molar-refractivity contribution in [3.63, 3.8) is 0 Å². The van der Waals surface area contributed by atoms with Crippen molar-refractivity contribution in [1.82, 2.24) is 10.1 Å². The number of urea groups is 1. The van der Waals surface area contributed by atoms with Crippen LogP contribution >= 0.6 is 11.3 Å². The highest BCUT2D eigenvalue weighted by atomic mass is 32.1. The molecule has 0 saturated carbocycles. The molecule has 0 aromatic carbocycles. The summed E-state index contributed by atoms with van der Waals surface area (Å²) in [6, 6.07) is 5.63. The van der Waals surface area contributed by atoms with E-state index in [9.17, 15) is 4.79 Å². The molecular weight excluding hydrogens is 338 g/mol. The molecule has 1 aliphatic heterocycles. The maximum atomic E-state index is 12.7. The number of rotatable bonds is 3. The molecule has 0 saturated heterocycles. The Morgan fingerprint density at radius 3 is 3.12 bits per heavy atom. The SMILES string of the molecule is CCC1c2ccsc2CCN1C(=O)Nc1cc(-c2ccoc2C)on1. The minimum atomic E-state index is -0.146. The Morgan fingerprint density at radius 1 is 1.48 bits per heavy atom. The average Bonchev–Trinajstić information content (AvgIpc) is 3.33. The number of hydrogen-bond acceptors (Lipinski definition) is 5. The molecule has 0 radical (unpaired) electrons. The van der Waals surface area contributed by atoms with Crippen LogP contribution in [0.1, 0.15) is 35.6 Å². The second kappa shape index (κ2) is 6.40. The van der Waals surface area contributed by atoms with Gasteiger partial charge >= 0.3 is 6.03 Å². The molecular formula is C18H19N3O3S. The summed E-state index contributed by atoms with van der Waals surface area (Å²) < 4.78 is 10.6. The van der Waals surface area contributed by atoms with Crippen LogP contribution in [0.2, 0.25) is 0 Å². The molecule has 6 nitrogen and oxygen atoms in total. The van der Waals surface area contributed by atoms with Gasteiger partial charge in [0.25, 0.3) is 0 Å². The zero-order chi connectivity index (χ0) is 17.4. The van der Waals surface area contributed by atoms with Gasteiger partial charge in [-0.2, -0.15) is 0 Å². The van der Waals surface area contributed by atoms with Crippen LogP contribution in [0.25, 0.3) is 11.3 Å². The summed E-state index contributed by atoms with van der Waals surface area (Å²) in [5.41, 5.74) is 2.10. The molecule has 7 heteroatoms. The van der Waals surface area contributed by atoms with Gasteiger partial charge in [-0.1, -0.05) is 12.1 Å². The quantitative estimate of drug-likeness (QED) is 0.727. The van der Waals surface area contributed by atoms with E-state index in [0.29, 0.717) is 18.1 Å². The number of aromatic nitrogens is 1. The molecule has 2 amide bonds. The number of fused-ring (bicyclic) bond motifs is 1. The lowest BCUT2D eigenvalue weighted by Crippen LogP contribution is -2.41. The van der Waals surface area contributed by atoms with Gasteiger partial charge in [-0.25, -0.2) is 4.79 Å². The van der Waals surface area contributed by atoms with Gasteiger partial charge in [0.2, 0.25) is 0 Å². The van der Waals surface area contributed by atoms with E-state index in [4.69, 9.17) is 8.94 Å². The molecule has 25 heavy (non-hydrogen) atoms. The smallest absolute Gasteiger partial charge is 0.323 e. The first-order valence-electron chi connectivity index (χ1n) is 8.32. The predicted octanol–water partition coefficient (Wildman–Crippen LogP) is 4.85. The fourth-order valence-corrected chi connectivity index (χ4v) is 4.29. The number of furan rings is 1. The highest BCUT2D eigenvalue weighted by Gasteiger charge is 2.30. The molecule has 1 unspecified atom stereocenters. The molecule has 130 valence electrons. The number of nitrogens with one attached hydrogen (secondary N) is 1. The molecule has 0 fully saturated rings. The zero-order valence-electron chi connectivity index (χ0n) is 14.1. The number of anilines is 1. The Morgan fingerprint density at radius 2 is 2.36 bits per heavy atom. The normalized spacial score (nSPS) is 16.7. The van der Waals surface area contributed by atoms with Gasteiger partial charge in [0, 0.05) is 17.5 Å². The van der Waals surface area contributed by atoms with Gasteiger partial charge in [-0.05, 0) is 42.8 Å². The molecule has 1 N–H and O–H groups in total. The van der Waals surface area contributed by atoms with E-state index in [1.807, 2.05) is 17.9 Å². The van der Waals surface area contributed by atoms with Gasteiger partial charge in [0.1, 0.15) is 5.76 Å². The Bertz CT molecular complexity index is 895. The molecule has 0 bridgehead atoms. The maximum Gasteiger partial charge on any atom is 0.323 e. The first-order chi connectivity index (χ1) is 12.2. The number of carbonyl (C=O) groups is 1. The molecule has 0 aliphatic carbocycles. The summed E-state index contributed by atoms with van der Waals surface area (Å²) in [5, 5.41) is 8.92. The van der Waals surface area contributed by atoms with Crippen molar-refractivity contribution in [2.24, 2.45) is 0 Å². The summed E-state index contributed by atoms with van der Waals surface area (Å²) in [6.45, 7) is 4.67. The molecule has 0 spiro atoms. The van der Waals surface area contributed by atoms with Crippen molar-refractivity contribution in [3.8, 4) is 11.3 Å². The van der Waals surface area contributed by atoms with Crippen LogP contribution in [0.3, 0.4) is 0 Å². The first-order valence-corrected chi connectivity index (χ1v) is 9.20. The van der Waals surface area contributed by atoms with Crippen molar-refractivity contribution in [1.29, 1.82) is 0 Å². The van der Waals surface area contributed by atoms with E-state index in [-0.39, 0.29) is 12.1 Å². The van der Waals surface area contributed by atoms with Crippen LogP contribution in [0, 0.1) is 6.92 Å². The van der Waals surface area contributed by atoms with Gasteiger partial charge in [0.15, 0.2) is 11.6 Å². The fourth-order valence-electron chi connectivity index (χ4n) is 3.36. The number of nitrogens with zero attached hydrogens (tertiary/aromatic N) is 2. The van der Waals surface area contributed by atoms with E-state index < -0.39 is 0 Å². The third kappa shape index (κ3) is 2.84. The van der Waals surface area contributed by atoms with Crippen molar-refractivity contribution in [3.05, 3.63) is 46.0 Å². The Labute approximate surface area is 149 Å². The Hall–Kier alpha value is -2.54. The number of hydrogen-bond donors (Lipinski definition) is 1. The summed E-state index contributed by atoms with van der Waals surface area (Å²) in [7, 11) is 0. The largest absolute Gasteiger partial charge is 0.469 e. The van der Waals surface area contributed by atoms with Crippen LogP contribution in [0.15, 0.2) is 38.8 Å². The molecule has 1 atom stereocenters. The highest BCUT2D eigenvalue weighted by molar-refractivity contribution is 7.10. The number of carbonyl (C=O) groups excluding carboxylic acids is 1. The Kier molecular flexibility index (Phi) is 4.09. The van der Waals surface area contributed by atoms with E-state index in [1.54, 1.807) is 23.7 Å². The highest BCUT2D eigenvalue weighted by Crippen LogP contribution is 2.35. The number of thiophene rings is 1. The summed E-state index contributed by atoms with van der Waals surface area (Å²) in [5.74, 6) is 1.74. The first kappa shape index (κ1) is 16.0. The van der Waals surface area contributed by atoms with Crippen molar-refractivity contribution in [2.75, 3.05) is 11.9 Å². The molecule has 4 rings (SSSR count). The molecule has 4 heterocycles. The van der Waals surface area contributed by atoms with Crippen LogP contribution in [-0.2, 0) is 6.42 Å². The van der Waals surface area contributed by atoms with Crippen LogP contribution in [-0.4, -0.2) is 22.6 Å². The summed E-state index contributed by atoms with van der Waals surface area (Å²) in [4.78, 5) is 16.0. The lowest BCUT2D eigenvalue weighted by atomic mass is 9.98. The van der Waals surface area contributed by atoms with E-state index in [0.717, 1.165) is 24.2 Å². The van der Waals surface area contributed by atoms with Crippen LogP contribution in [0.4, 0.5) is 10.6 Å². The fraction of sp³-hybridized carbons (Fsp3) is 0.333. The minimum absolute atomic E-state index is 0.109. The van der Waals surface area contributed by atoms with Crippen molar-refractivity contribution >= 4 is 23.2 Å². The second-order valence-corrected chi connectivity index (χ2v) is 7.06. The monoisotopic (exact) mass is 357 g/mol. The van der Waals surface area contributed by atoms with E-state index in [2.05, 4.69) is 28.8 Å². The van der Waals surface area contributed by atoms with E-state index >= 15 is 0 Å². The standard InChI is InChI=1S/C18H19N3O3S/c1-3-14-13-6-9-25-16(13)4-7-21(14)18(22)19-17-10-15(24-20-17)12-5-8-23-11(12)2/h5-6,8-10,14H,3-4,7H2,1-2H3,(H,19,20,22). The maximum absolute atomic E-state index is 12.7. The minimum Gasteiger partial charge on any atom is -0.469 e. The molecule has 3 aromatic rings.